The minimum absolute atomic E-state index is 0.110. The zero-order valence-corrected chi connectivity index (χ0v) is 10.4. The summed E-state index contributed by atoms with van der Waals surface area (Å²) in [6, 6.07) is 0. The minimum Gasteiger partial charge on any atom is -0.377 e. The van der Waals surface area contributed by atoms with Gasteiger partial charge in [-0.1, -0.05) is 0 Å². The summed E-state index contributed by atoms with van der Waals surface area (Å²) in [4.78, 5) is 11.6. The maximum atomic E-state index is 11.6. The van der Waals surface area contributed by atoms with E-state index in [1.807, 2.05) is 13.8 Å². The van der Waals surface area contributed by atoms with E-state index in [9.17, 15) is 4.79 Å². The predicted octanol–water partition coefficient (Wildman–Crippen LogP) is 0.917. The molecule has 1 aliphatic rings. The molecule has 0 aromatic heterocycles. The van der Waals surface area contributed by atoms with Crippen LogP contribution in [0, 0.1) is 5.92 Å². The second kappa shape index (κ2) is 7.63. The van der Waals surface area contributed by atoms with Gasteiger partial charge in [0.05, 0.1) is 6.10 Å². The highest BCUT2D eigenvalue weighted by molar-refractivity contribution is 5.76. The molecule has 4 heteroatoms. The zero-order chi connectivity index (χ0) is 11.8. The fourth-order valence-electron chi connectivity index (χ4n) is 2.03. The highest BCUT2D eigenvalue weighted by Crippen LogP contribution is 2.13. The van der Waals surface area contributed by atoms with Gasteiger partial charge in [0.1, 0.15) is 0 Å². The summed E-state index contributed by atoms with van der Waals surface area (Å²) in [6.07, 6.45) is 3.11. The fourth-order valence-corrected chi connectivity index (χ4v) is 2.03. The number of piperidine rings is 1. The van der Waals surface area contributed by atoms with Crippen LogP contribution < -0.4 is 10.6 Å². The lowest BCUT2D eigenvalue weighted by Gasteiger charge is -2.22. The van der Waals surface area contributed by atoms with Gasteiger partial charge in [-0.05, 0) is 45.7 Å². The Morgan fingerprint density at radius 3 is 3.06 bits per heavy atom. The van der Waals surface area contributed by atoms with Crippen molar-refractivity contribution in [2.75, 3.05) is 26.2 Å². The van der Waals surface area contributed by atoms with E-state index in [0.717, 1.165) is 13.1 Å². The molecule has 0 bridgehead atoms. The summed E-state index contributed by atoms with van der Waals surface area (Å²) in [5.41, 5.74) is 0. The predicted molar refractivity (Wildman–Crippen MR) is 64.3 cm³/mol. The van der Waals surface area contributed by atoms with E-state index in [-0.39, 0.29) is 12.0 Å². The smallest absolute Gasteiger partial charge is 0.220 e. The Morgan fingerprint density at radius 1 is 1.62 bits per heavy atom. The van der Waals surface area contributed by atoms with Crippen LogP contribution in [0.25, 0.3) is 0 Å². The topological polar surface area (TPSA) is 50.4 Å². The summed E-state index contributed by atoms with van der Waals surface area (Å²) >= 11 is 0. The summed E-state index contributed by atoms with van der Waals surface area (Å²) in [5, 5.41) is 6.24. The Balaban J connectivity index is 2.10. The molecule has 94 valence electrons. The molecule has 1 saturated heterocycles. The van der Waals surface area contributed by atoms with Gasteiger partial charge in [0, 0.05) is 19.6 Å². The first-order chi connectivity index (χ1) is 7.72. The summed E-state index contributed by atoms with van der Waals surface area (Å²) < 4.78 is 5.36. The number of carbonyl (C=O) groups is 1. The van der Waals surface area contributed by atoms with Gasteiger partial charge in [-0.3, -0.25) is 4.79 Å². The molecule has 1 amide bonds. The molecule has 2 atom stereocenters. The Kier molecular flexibility index (Phi) is 6.42. The van der Waals surface area contributed by atoms with Crippen LogP contribution >= 0.6 is 0 Å². The fraction of sp³-hybridized carbons (Fsp3) is 0.917. The normalized spacial score (nSPS) is 22.8. The van der Waals surface area contributed by atoms with Gasteiger partial charge in [0.25, 0.3) is 0 Å². The molecule has 0 radical (unpaired) electrons. The third kappa shape index (κ3) is 5.47. The van der Waals surface area contributed by atoms with E-state index in [4.69, 9.17) is 4.74 Å². The van der Waals surface area contributed by atoms with Crippen LogP contribution in [0.2, 0.25) is 0 Å². The lowest BCUT2D eigenvalue weighted by molar-refractivity contribution is -0.122. The number of carbonyl (C=O) groups excluding carboxylic acids is 1. The van der Waals surface area contributed by atoms with Gasteiger partial charge < -0.3 is 15.4 Å². The van der Waals surface area contributed by atoms with E-state index in [0.29, 0.717) is 25.5 Å². The van der Waals surface area contributed by atoms with Crippen LogP contribution in [0.1, 0.15) is 33.1 Å². The third-order valence-electron chi connectivity index (χ3n) is 2.91. The number of hydrogen-bond acceptors (Lipinski definition) is 3. The van der Waals surface area contributed by atoms with Crippen molar-refractivity contribution in [1.82, 2.24) is 10.6 Å². The van der Waals surface area contributed by atoms with Crippen molar-refractivity contribution in [1.29, 1.82) is 0 Å². The minimum atomic E-state index is 0.110. The maximum Gasteiger partial charge on any atom is 0.220 e. The Labute approximate surface area is 98.1 Å². The van der Waals surface area contributed by atoms with Crippen molar-refractivity contribution >= 4 is 5.91 Å². The van der Waals surface area contributed by atoms with E-state index in [1.54, 1.807) is 0 Å². The van der Waals surface area contributed by atoms with E-state index in [2.05, 4.69) is 10.6 Å². The van der Waals surface area contributed by atoms with Crippen LogP contribution in [-0.2, 0) is 9.53 Å². The molecule has 0 aliphatic carbocycles. The lowest BCUT2D eigenvalue weighted by Crippen LogP contribution is -2.36. The van der Waals surface area contributed by atoms with Crippen molar-refractivity contribution in [3.05, 3.63) is 0 Å². The first-order valence-corrected chi connectivity index (χ1v) is 6.31. The molecular weight excluding hydrogens is 204 g/mol. The molecule has 0 saturated carbocycles. The van der Waals surface area contributed by atoms with Gasteiger partial charge in [-0.15, -0.1) is 0 Å². The van der Waals surface area contributed by atoms with Crippen LogP contribution in [0.5, 0.6) is 0 Å². The first-order valence-electron chi connectivity index (χ1n) is 6.31. The Morgan fingerprint density at radius 2 is 2.44 bits per heavy atom. The van der Waals surface area contributed by atoms with Gasteiger partial charge >= 0.3 is 0 Å². The number of nitrogens with one attached hydrogen (secondary N) is 2. The molecule has 0 aromatic carbocycles. The molecule has 1 heterocycles. The van der Waals surface area contributed by atoms with Crippen LogP contribution in [0.15, 0.2) is 0 Å². The molecule has 4 nitrogen and oxygen atoms in total. The van der Waals surface area contributed by atoms with Crippen molar-refractivity contribution in [3.63, 3.8) is 0 Å². The average Bonchev–Trinajstić information content (AvgIpc) is 2.28. The quantitative estimate of drug-likeness (QED) is 0.710. The highest BCUT2D eigenvalue weighted by Gasteiger charge is 2.16. The zero-order valence-electron chi connectivity index (χ0n) is 10.4. The van der Waals surface area contributed by atoms with Crippen molar-refractivity contribution in [2.45, 2.75) is 39.2 Å². The van der Waals surface area contributed by atoms with Crippen molar-refractivity contribution < 1.29 is 9.53 Å². The molecule has 2 N–H and O–H groups in total. The van der Waals surface area contributed by atoms with E-state index >= 15 is 0 Å². The van der Waals surface area contributed by atoms with Crippen LogP contribution in [0.3, 0.4) is 0 Å². The average molecular weight is 228 g/mol. The lowest BCUT2D eigenvalue weighted by atomic mass is 9.96. The van der Waals surface area contributed by atoms with Gasteiger partial charge in [0.2, 0.25) is 5.91 Å². The second-order valence-corrected chi connectivity index (χ2v) is 4.49. The number of rotatable bonds is 6. The van der Waals surface area contributed by atoms with Gasteiger partial charge in [0.15, 0.2) is 0 Å². The SMILES string of the molecule is CCOC(C)CNC(=O)CC1CCCNC1. The van der Waals surface area contributed by atoms with Crippen LogP contribution in [-0.4, -0.2) is 38.3 Å². The molecule has 2 unspecified atom stereocenters. The Bertz CT molecular complexity index is 203. The Hall–Kier alpha value is -0.610. The molecule has 1 rings (SSSR count). The first kappa shape index (κ1) is 13.5. The standard InChI is InChI=1S/C12H24N2O2/c1-3-16-10(2)8-14-12(15)7-11-5-4-6-13-9-11/h10-11,13H,3-9H2,1-2H3,(H,14,15). The molecular formula is C12H24N2O2. The van der Waals surface area contributed by atoms with E-state index in [1.165, 1.54) is 12.8 Å². The molecule has 0 spiro atoms. The molecule has 1 fully saturated rings. The maximum absolute atomic E-state index is 11.6. The third-order valence-corrected chi connectivity index (χ3v) is 2.91. The summed E-state index contributed by atoms with van der Waals surface area (Å²) in [5.74, 6) is 0.663. The van der Waals surface area contributed by atoms with Crippen LogP contribution in [0.4, 0.5) is 0 Å². The van der Waals surface area contributed by atoms with Gasteiger partial charge in [-0.2, -0.15) is 0 Å². The largest absolute Gasteiger partial charge is 0.377 e. The molecule has 0 aromatic rings. The second-order valence-electron chi connectivity index (χ2n) is 4.49. The highest BCUT2D eigenvalue weighted by atomic mass is 16.5. The van der Waals surface area contributed by atoms with Crippen molar-refractivity contribution in [3.8, 4) is 0 Å². The number of hydrogen-bond donors (Lipinski definition) is 2. The monoisotopic (exact) mass is 228 g/mol. The molecule has 1 aliphatic heterocycles. The number of amides is 1. The summed E-state index contributed by atoms with van der Waals surface area (Å²) in [6.45, 7) is 7.34. The molecule has 16 heavy (non-hydrogen) atoms. The van der Waals surface area contributed by atoms with Crippen molar-refractivity contribution in [2.24, 2.45) is 5.92 Å². The summed E-state index contributed by atoms with van der Waals surface area (Å²) in [7, 11) is 0. The number of ether oxygens (including phenoxy) is 1. The van der Waals surface area contributed by atoms with E-state index < -0.39 is 0 Å². The van der Waals surface area contributed by atoms with Gasteiger partial charge in [-0.25, -0.2) is 0 Å².